The topological polar surface area (TPSA) is 35.5 Å². The predicted octanol–water partition coefficient (Wildman–Crippen LogP) is 2.33. The van der Waals surface area contributed by atoms with Gasteiger partial charge < -0.3 is 9.47 Å². The van der Waals surface area contributed by atoms with Crippen LogP contribution in [0.3, 0.4) is 0 Å². The number of carbonyl (C=O) groups excluding carboxylic acids is 1. The van der Waals surface area contributed by atoms with Crippen LogP contribution in [0.25, 0.3) is 0 Å². The molecule has 4 heteroatoms. The highest BCUT2D eigenvalue weighted by Gasteiger charge is 2.07. The van der Waals surface area contributed by atoms with Crippen molar-refractivity contribution in [2.24, 2.45) is 0 Å². The standard InChI is InChI=1S/C9H12O3S/c1-8(7-12-9(10)11-2)13-5-3-4-6-13/h3-6,13H,1,7H2,2H3. The lowest BCUT2D eigenvalue weighted by molar-refractivity contribution is 0.0812. The maximum atomic E-state index is 10.6. The van der Waals surface area contributed by atoms with Crippen molar-refractivity contribution in [3.05, 3.63) is 34.5 Å². The lowest BCUT2D eigenvalue weighted by Gasteiger charge is -2.12. The van der Waals surface area contributed by atoms with E-state index in [0.29, 0.717) is 0 Å². The van der Waals surface area contributed by atoms with Gasteiger partial charge in [0.25, 0.3) is 0 Å². The molecule has 13 heavy (non-hydrogen) atoms. The second-order valence-electron chi connectivity index (χ2n) is 2.40. The number of methoxy groups -OCH3 is 1. The fourth-order valence-electron chi connectivity index (χ4n) is 0.821. The number of ether oxygens (including phenoxy) is 2. The average Bonchev–Trinajstić information content (AvgIpc) is 2.66. The summed E-state index contributed by atoms with van der Waals surface area (Å²) in [5.41, 5.74) is 0. The highest BCUT2D eigenvalue weighted by atomic mass is 32.2. The van der Waals surface area contributed by atoms with Gasteiger partial charge >= 0.3 is 6.16 Å². The molecule has 1 rings (SSSR count). The monoisotopic (exact) mass is 200 g/mol. The van der Waals surface area contributed by atoms with Crippen LogP contribution in [0.1, 0.15) is 0 Å². The van der Waals surface area contributed by atoms with Crippen LogP contribution in [-0.2, 0) is 9.47 Å². The van der Waals surface area contributed by atoms with Crippen molar-refractivity contribution in [1.82, 2.24) is 0 Å². The largest absolute Gasteiger partial charge is 0.508 e. The van der Waals surface area contributed by atoms with Gasteiger partial charge in [-0.15, -0.1) is 0 Å². The molecule has 1 heterocycles. The minimum absolute atomic E-state index is 0.229. The third kappa shape index (κ3) is 2.99. The van der Waals surface area contributed by atoms with Crippen LogP contribution >= 0.6 is 10.9 Å². The molecule has 0 radical (unpaired) electrons. The normalized spacial score (nSPS) is 15.9. The van der Waals surface area contributed by atoms with Gasteiger partial charge in [-0.05, 0) is 10.8 Å². The van der Waals surface area contributed by atoms with Crippen molar-refractivity contribution in [2.75, 3.05) is 13.7 Å². The molecule has 1 aliphatic heterocycles. The van der Waals surface area contributed by atoms with Crippen LogP contribution in [-0.4, -0.2) is 19.9 Å². The third-order valence-corrected chi connectivity index (χ3v) is 3.34. The second kappa shape index (κ2) is 4.77. The number of rotatable bonds is 3. The Balaban J connectivity index is 2.29. The summed E-state index contributed by atoms with van der Waals surface area (Å²) in [6.07, 6.45) is 3.27. The van der Waals surface area contributed by atoms with E-state index in [2.05, 4.69) is 22.1 Å². The van der Waals surface area contributed by atoms with Crippen LogP contribution < -0.4 is 0 Å². The first-order valence-electron chi connectivity index (χ1n) is 3.76. The molecule has 1 aliphatic rings. The van der Waals surface area contributed by atoms with Crippen LogP contribution in [0.2, 0.25) is 0 Å². The molecule has 0 aromatic carbocycles. The molecule has 72 valence electrons. The summed E-state index contributed by atoms with van der Waals surface area (Å²) in [6.45, 7) is 4.07. The molecular formula is C9H12O3S. The Hall–Kier alpha value is -1.16. The first-order chi connectivity index (χ1) is 6.24. The Labute approximate surface area is 80.1 Å². The number of hydrogen-bond donors (Lipinski definition) is 1. The number of carbonyl (C=O) groups is 1. The molecule has 0 N–H and O–H groups in total. The first kappa shape index (κ1) is 9.92. The molecule has 0 fully saturated rings. The SMILES string of the molecule is C=C(COC(=O)OC)[SH]1C=CC=C1. The Morgan fingerprint density at radius 3 is 2.62 bits per heavy atom. The van der Waals surface area contributed by atoms with Crippen LogP contribution in [0.15, 0.2) is 34.5 Å². The van der Waals surface area contributed by atoms with Crippen LogP contribution in [0.4, 0.5) is 4.79 Å². The van der Waals surface area contributed by atoms with E-state index in [9.17, 15) is 4.79 Å². The van der Waals surface area contributed by atoms with E-state index in [-0.39, 0.29) is 6.61 Å². The van der Waals surface area contributed by atoms with Gasteiger partial charge in [0.05, 0.1) is 7.11 Å². The predicted molar refractivity (Wildman–Crippen MR) is 54.8 cm³/mol. The molecule has 0 amide bonds. The Morgan fingerprint density at radius 1 is 1.46 bits per heavy atom. The summed E-state index contributed by atoms with van der Waals surface area (Å²) >= 11 is 0. The maximum absolute atomic E-state index is 10.6. The van der Waals surface area contributed by atoms with Crippen molar-refractivity contribution in [1.29, 1.82) is 0 Å². The zero-order valence-corrected chi connectivity index (χ0v) is 8.29. The molecule has 0 unspecified atom stereocenters. The van der Waals surface area contributed by atoms with Gasteiger partial charge in [-0.1, -0.05) is 18.7 Å². The zero-order chi connectivity index (χ0) is 9.68. The molecule has 0 bridgehead atoms. The van der Waals surface area contributed by atoms with E-state index < -0.39 is 17.1 Å². The van der Waals surface area contributed by atoms with Gasteiger partial charge in [0.1, 0.15) is 6.61 Å². The average molecular weight is 200 g/mol. The number of allylic oxidation sites excluding steroid dienone is 2. The van der Waals surface area contributed by atoms with Gasteiger partial charge in [-0.2, -0.15) is 10.9 Å². The highest BCUT2D eigenvalue weighted by molar-refractivity contribution is 8.25. The Morgan fingerprint density at radius 2 is 2.08 bits per heavy atom. The molecule has 0 atom stereocenters. The minimum atomic E-state index is -0.664. The Kier molecular flexibility index (Phi) is 3.64. The number of thiol groups is 1. The third-order valence-electron chi connectivity index (χ3n) is 1.49. The lowest BCUT2D eigenvalue weighted by atomic mass is 10.6. The van der Waals surface area contributed by atoms with Crippen molar-refractivity contribution >= 4 is 17.1 Å². The van der Waals surface area contributed by atoms with Crippen LogP contribution in [0.5, 0.6) is 0 Å². The van der Waals surface area contributed by atoms with E-state index in [0.717, 1.165) is 4.91 Å². The summed E-state index contributed by atoms with van der Waals surface area (Å²) in [5.74, 6) is 0. The molecule has 0 saturated heterocycles. The zero-order valence-electron chi connectivity index (χ0n) is 7.40. The van der Waals surface area contributed by atoms with Gasteiger partial charge in [0.2, 0.25) is 0 Å². The number of hydrogen-bond acceptors (Lipinski definition) is 3. The molecule has 3 nitrogen and oxygen atoms in total. The van der Waals surface area contributed by atoms with Crippen molar-refractivity contribution in [3.63, 3.8) is 0 Å². The first-order valence-corrected chi connectivity index (χ1v) is 5.24. The minimum Gasteiger partial charge on any atom is -0.438 e. The molecule has 0 spiro atoms. The smallest absolute Gasteiger partial charge is 0.438 e. The van der Waals surface area contributed by atoms with Crippen molar-refractivity contribution in [3.8, 4) is 0 Å². The fourth-order valence-corrected chi connectivity index (χ4v) is 2.13. The summed E-state index contributed by atoms with van der Waals surface area (Å²) in [4.78, 5) is 11.5. The fraction of sp³-hybridized carbons (Fsp3) is 0.222. The van der Waals surface area contributed by atoms with Gasteiger partial charge in [0, 0.05) is 4.91 Å². The molecule has 0 aromatic rings. The van der Waals surface area contributed by atoms with Crippen molar-refractivity contribution in [2.45, 2.75) is 0 Å². The van der Waals surface area contributed by atoms with E-state index in [1.807, 2.05) is 12.2 Å². The lowest BCUT2D eigenvalue weighted by Crippen LogP contribution is -2.06. The second-order valence-corrected chi connectivity index (χ2v) is 4.44. The molecule has 0 aromatic heterocycles. The van der Waals surface area contributed by atoms with E-state index >= 15 is 0 Å². The van der Waals surface area contributed by atoms with Crippen LogP contribution in [0, 0.1) is 0 Å². The summed E-state index contributed by atoms with van der Waals surface area (Å²) in [5, 5.41) is 4.11. The quantitative estimate of drug-likeness (QED) is 0.561. The van der Waals surface area contributed by atoms with E-state index in [1.54, 1.807) is 0 Å². The molecule has 0 saturated carbocycles. The van der Waals surface area contributed by atoms with Gasteiger partial charge in [-0.3, -0.25) is 0 Å². The molecular weight excluding hydrogens is 188 g/mol. The summed E-state index contributed by atoms with van der Waals surface area (Å²) < 4.78 is 9.09. The Bertz CT molecular complexity index is 256. The highest BCUT2D eigenvalue weighted by Crippen LogP contribution is 2.40. The maximum Gasteiger partial charge on any atom is 0.508 e. The molecule has 0 aliphatic carbocycles. The van der Waals surface area contributed by atoms with Gasteiger partial charge in [-0.25, -0.2) is 4.79 Å². The van der Waals surface area contributed by atoms with Crippen molar-refractivity contribution < 1.29 is 14.3 Å². The summed E-state index contributed by atoms with van der Waals surface area (Å²) in [7, 11) is 0.853. The van der Waals surface area contributed by atoms with E-state index in [4.69, 9.17) is 4.74 Å². The summed E-state index contributed by atoms with van der Waals surface area (Å²) in [6, 6.07) is 0. The van der Waals surface area contributed by atoms with E-state index in [1.165, 1.54) is 7.11 Å². The van der Waals surface area contributed by atoms with Gasteiger partial charge in [0.15, 0.2) is 0 Å².